The number of carbonyl (C=O) groups is 1. The molecule has 6 heterocycles. The van der Waals surface area contributed by atoms with Gasteiger partial charge >= 0.3 is 0 Å². The molecule has 4 aliphatic heterocycles. The maximum Gasteiger partial charge on any atom is 0.257 e. The fourth-order valence-electron chi connectivity index (χ4n) is 6.17. The van der Waals surface area contributed by atoms with Crippen LogP contribution in [0.25, 0.3) is 5.52 Å². The second-order valence-electron chi connectivity index (χ2n) is 9.78. The van der Waals surface area contributed by atoms with Gasteiger partial charge in [0, 0.05) is 31.8 Å². The van der Waals surface area contributed by atoms with Crippen molar-refractivity contribution in [1.29, 1.82) is 0 Å². The van der Waals surface area contributed by atoms with E-state index in [1.54, 1.807) is 0 Å². The number of hydrogen-bond donors (Lipinski definition) is 0. The lowest BCUT2D eigenvalue weighted by Crippen LogP contribution is -2.50. The van der Waals surface area contributed by atoms with Gasteiger partial charge in [-0.05, 0) is 36.1 Å². The van der Waals surface area contributed by atoms with Gasteiger partial charge in [0.1, 0.15) is 12.0 Å². The van der Waals surface area contributed by atoms with Crippen molar-refractivity contribution >= 4 is 17.2 Å². The van der Waals surface area contributed by atoms with Gasteiger partial charge in [0.05, 0.1) is 31.0 Å². The zero-order chi connectivity index (χ0) is 22.0. The quantitative estimate of drug-likeness (QED) is 0.619. The predicted molar refractivity (Wildman–Crippen MR) is 123 cm³/mol. The molecule has 2 aromatic heterocycles. The highest BCUT2D eigenvalue weighted by Crippen LogP contribution is 2.48. The molecule has 1 aromatic carbocycles. The normalized spacial score (nSPS) is 26.8. The molecule has 0 aliphatic carbocycles. The minimum Gasteiger partial charge on any atom is -0.380 e. The van der Waals surface area contributed by atoms with Gasteiger partial charge in [0.2, 0.25) is 0 Å². The third-order valence-electron chi connectivity index (χ3n) is 8.04. The molecule has 33 heavy (non-hydrogen) atoms. The van der Waals surface area contributed by atoms with Crippen molar-refractivity contribution < 1.29 is 14.3 Å². The van der Waals surface area contributed by atoms with E-state index in [9.17, 15) is 4.79 Å². The molecular formula is C26H28N4O3. The molecule has 0 radical (unpaired) electrons. The van der Waals surface area contributed by atoms with Gasteiger partial charge in [-0.15, -0.1) is 0 Å². The van der Waals surface area contributed by atoms with Gasteiger partial charge in [0.15, 0.2) is 5.60 Å². The van der Waals surface area contributed by atoms with E-state index in [0.29, 0.717) is 18.8 Å². The molecule has 7 rings (SSSR count). The van der Waals surface area contributed by atoms with Gasteiger partial charge in [-0.1, -0.05) is 36.4 Å². The van der Waals surface area contributed by atoms with Gasteiger partial charge < -0.3 is 19.3 Å². The summed E-state index contributed by atoms with van der Waals surface area (Å²) in [6.45, 7) is 3.13. The zero-order valence-corrected chi connectivity index (χ0v) is 18.6. The molecule has 1 amide bonds. The van der Waals surface area contributed by atoms with Crippen molar-refractivity contribution in [2.45, 2.75) is 49.5 Å². The van der Waals surface area contributed by atoms with Gasteiger partial charge in [0.25, 0.3) is 5.91 Å². The number of carbonyl (C=O) groups excluding carboxylic acids is 1. The molecule has 4 aliphatic rings. The molecule has 7 heteroatoms. The number of nitrogens with zero attached hydrogens (tertiary/aromatic N) is 4. The van der Waals surface area contributed by atoms with E-state index in [4.69, 9.17) is 9.47 Å². The summed E-state index contributed by atoms with van der Waals surface area (Å²) in [5.74, 6) is 1.73. The van der Waals surface area contributed by atoms with Crippen LogP contribution in [0.15, 0.2) is 54.7 Å². The van der Waals surface area contributed by atoms with Crippen LogP contribution >= 0.6 is 0 Å². The minimum absolute atomic E-state index is 0.0870. The number of aromatic nitrogens is 2. The van der Waals surface area contributed by atoms with Crippen molar-refractivity contribution in [3.05, 3.63) is 65.9 Å². The van der Waals surface area contributed by atoms with Crippen LogP contribution in [0.3, 0.4) is 0 Å². The zero-order valence-electron chi connectivity index (χ0n) is 18.6. The number of piperidine rings is 1. The molecule has 0 saturated carbocycles. The van der Waals surface area contributed by atoms with E-state index in [1.807, 2.05) is 21.7 Å². The first-order chi connectivity index (χ1) is 16.2. The smallest absolute Gasteiger partial charge is 0.257 e. The summed E-state index contributed by atoms with van der Waals surface area (Å²) in [5.41, 5.74) is 2.99. The number of amides is 1. The molecular weight excluding hydrogens is 416 g/mol. The molecule has 0 N–H and O–H groups in total. The monoisotopic (exact) mass is 444 g/mol. The Morgan fingerprint density at radius 2 is 1.79 bits per heavy atom. The highest BCUT2D eigenvalue weighted by Gasteiger charge is 2.58. The lowest BCUT2D eigenvalue weighted by molar-refractivity contribution is -0.140. The Balaban J connectivity index is 1.12. The van der Waals surface area contributed by atoms with Crippen LogP contribution in [0.5, 0.6) is 0 Å². The number of hydrogen-bond acceptors (Lipinski definition) is 5. The molecule has 4 fully saturated rings. The summed E-state index contributed by atoms with van der Waals surface area (Å²) in [5, 5.41) is 4.62. The number of pyridine rings is 1. The lowest BCUT2D eigenvalue weighted by Gasteiger charge is -2.39. The van der Waals surface area contributed by atoms with Crippen molar-refractivity contribution in [2.24, 2.45) is 0 Å². The average Bonchev–Trinajstić information content (AvgIpc) is 3.52. The second-order valence-corrected chi connectivity index (χ2v) is 9.78. The molecule has 7 nitrogen and oxygen atoms in total. The van der Waals surface area contributed by atoms with Crippen molar-refractivity contribution in [3.63, 3.8) is 0 Å². The molecule has 4 saturated heterocycles. The van der Waals surface area contributed by atoms with E-state index in [2.05, 4.69) is 52.5 Å². The Morgan fingerprint density at radius 3 is 2.55 bits per heavy atom. The first-order valence-electron chi connectivity index (χ1n) is 12.1. The van der Waals surface area contributed by atoms with Crippen molar-refractivity contribution in [3.8, 4) is 0 Å². The SMILES string of the molecule is O=C1N2[C@@H](CC[C@H]2c2ccccc2)OC12CCN(c1ccc(C3COC3)c3ccnn13)CC2. The van der Waals surface area contributed by atoms with Crippen LogP contribution in [0.4, 0.5) is 5.82 Å². The summed E-state index contributed by atoms with van der Waals surface area (Å²) in [7, 11) is 0. The van der Waals surface area contributed by atoms with E-state index in [0.717, 1.165) is 50.5 Å². The van der Waals surface area contributed by atoms with E-state index < -0.39 is 5.60 Å². The lowest BCUT2D eigenvalue weighted by atomic mass is 9.89. The van der Waals surface area contributed by atoms with Crippen LogP contribution in [0, 0.1) is 0 Å². The number of benzene rings is 1. The number of anilines is 1. The summed E-state index contributed by atoms with van der Waals surface area (Å²) >= 11 is 0. The van der Waals surface area contributed by atoms with Crippen molar-refractivity contribution in [2.75, 3.05) is 31.2 Å². The minimum atomic E-state index is -0.680. The highest BCUT2D eigenvalue weighted by atomic mass is 16.6. The number of ether oxygens (including phenoxy) is 2. The van der Waals surface area contributed by atoms with Crippen LogP contribution in [-0.4, -0.2) is 58.6 Å². The summed E-state index contributed by atoms with van der Waals surface area (Å²) in [4.78, 5) is 18.1. The van der Waals surface area contributed by atoms with Crippen molar-refractivity contribution in [1.82, 2.24) is 14.5 Å². The molecule has 0 bridgehead atoms. The summed E-state index contributed by atoms with van der Waals surface area (Å²) in [6.07, 6.45) is 5.09. The largest absolute Gasteiger partial charge is 0.380 e. The number of rotatable bonds is 3. The van der Waals surface area contributed by atoms with E-state index >= 15 is 0 Å². The van der Waals surface area contributed by atoms with Crippen LogP contribution in [0.2, 0.25) is 0 Å². The van der Waals surface area contributed by atoms with Gasteiger partial charge in [-0.3, -0.25) is 4.79 Å². The second kappa shape index (κ2) is 7.30. The summed E-state index contributed by atoms with van der Waals surface area (Å²) in [6, 6.07) is 17.0. The van der Waals surface area contributed by atoms with E-state index in [1.165, 1.54) is 11.1 Å². The maximum atomic E-state index is 13.7. The third kappa shape index (κ3) is 2.88. The average molecular weight is 445 g/mol. The van der Waals surface area contributed by atoms with Crippen LogP contribution < -0.4 is 4.90 Å². The van der Waals surface area contributed by atoms with Gasteiger partial charge in [-0.25, -0.2) is 4.52 Å². The first-order valence-corrected chi connectivity index (χ1v) is 12.1. The fraction of sp³-hybridized carbons (Fsp3) is 0.462. The Labute approximate surface area is 192 Å². The Bertz CT molecular complexity index is 1200. The third-order valence-corrected chi connectivity index (χ3v) is 8.04. The van der Waals surface area contributed by atoms with E-state index in [-0.39, 0.29) is 18.2 Å². The molecule has 0 unspecified atom stereocenters. The Morgan fingerprint density at radius 1 is 0.970 bits per heavy atom. The molecule has 2 atom stereocenters. The fourth-order valence-corrected chi connectivity index (χ4v) is 6.17. The topological polar surface area (TPSA) is 59.3 Å². The standard InChI is InChI=1S/C26H28N4O3/c31-25-26(33-24-9-7-21(29(24)25)18-4-2-1-3-5-18)11-14-28(15-12-26)23-8-6-20(19-16-32-17-19)22-10-13-27-30(22)23/h1-6,8,10,13,19,21,24H,7,9,11-12,14-17H2/t21-,24+/m0/s1. The Hall–Kier alpha value is -2.90. The molecule has 170 valence electrons. The predicted octanol–water partition coefficient (Wildman–Crippen LogP) is 3.51. The summed E-state index contributed by atoms with van der Waals surface area (Å²) < 4.78 is 14.0. The first kappa shape index (κ1) is 19.6. The van der Waals surface area contributed by atoms with Gasteiger partial charge in [-0.2, -0.15) is 5.10 Å². The molecule has 3 aromatic rings. The molecule has 1 spiro atoms. The van der Waals surface area contributed by atoms with Crippen LogP contribution in [-0.2, 0) is 14.3 Å². The Kier molecular flexibility index (Phi) is 4.33. The maximum absolute atomic E-state index is 13.7. The highest BCUT2D eigenvalue weighted by molar-refractivity contribution is 5.88. The van der Waals surface area contributed by atoms with Crippen LogP contribution in [0.1, 0.15) is 48.8 Å². The number of fused-ring (bicyclic) bond motifs is 2.